The van der Waals surface area contributed by atoms with Crippen LogP contribution in [0.3, 0.4) is 0 Å². The Kier molecular flexibility index (Phi) is 6.26. The van der Waals surface area contributed by atoms with Gasteiger partial charge in [-0.05, 0) is 32.3 Å². The molecule has 0 fully saturated rings. The fourth-order valence-corrected chi connectivity index (χ4v) is 2.89. The molecule has 0 saturated carbocycles. The summed E-state index contributed by atoms with van der Waals surface area (Å²) >= 11 is 0. The van der Waals surface area contributed by atoms with Crippen LogP contribution in [-0.2, 0) is 9.53 Å². The van der Waals surface area contributed by atoms with Crippen LogP contribution in [0.25, 0.3) is 22.4 Å². The number of rotatable bonds is 7. The second kappa shape index (κ2) is 8.86. The molecule has 29 heavy (non-hydrogen) atoms. The average Bonchev–Trinajstić information content (AvgIpc) is 3.06. The topological polar surface area (TPSA) is 94.3 Å². The van der Waals surface area contributed by atoms with Crippen molar-refractivity contribution in [2.45, 2.75) is 34.1 Å². The van der Waals surface area contributed by atoms with Gasteiger partial charge in [-0.15, -0.1) is 0 Å². The maximum atomic E-state index is 12.7. The second-order valence-corrected chi connectivity index (χ2v) is 7.48. The zero-order valence-electron chi connectivity index (χ0n) is 17.1. The lowest BCUT2D eigenvalue weighted by Gasteiger charge is -2.09. The van der Waals surface area contributed by atoms with E-state index in [1.165, 1.54) is 0 Å². The van der Waals surface area contributed by atoms with Crippen LogP contribution in [0.4, 0.5) is 0 Å². The van der Waals surface area contributed by atoms with E-state index in [0.29, 0.717) is 29.2 Å². The molecule has 7 nitrogen and oxygen atoms in total. The van der Waals surface area contributed by atoms with E-state index in [2.05, 4.69) is 29.3 Å². The molecule has 152 valence electrons. The van der Waals surface area contributed by atoms with Crippen molar-refractivity contribution >= 4 is 23.0 Å². The van der Waals surface area contributed by atoms with E-state index < -0.39 is 5.97 Å². The van der Waals surface area contributed by atoms with Crippen LogP contribution in [0.1, 0.15) is 41.9 Å². The number of nitrogens with zero attached hydrogens (tertiary/aromatic N) is 2. The highest BCUT2D eigenvalue weighted by Crippen LogP contribution is 2.27. The molecule has 0 radical (unpaired) electrons. The Morgan fingerprint density at radius 2 is 1.90 bits per heavy atom. The number of aryl methyl sites for hydroxylation is 2. The van der Waals surface area contributed by atoms with Gasteiger partial charge < -0.3 is 14.6 Å². The number of aromatic nitrogens is 2. The molecular weight excluding hydrogens is 370 g/mol. The highest BCUT2D eigenvalue weighted by atomic mass is 16.5. The zero-order chi connectivity index (χ0) is 21.0. The number of carbonyl (C=O) groups is 2. The maximum absolute atomic E-state index is 12.7. The lowest BCUT2D eigenvalue weighted by atomic mass is 10.0. The van der Waals surface area contributed by atoms with Crippen molar-refractivity contribution in [1.29, 1.82) is 0 Å². The number of hydrogen-bond donors (Lipinski definition) is 1. The minimum Gasteiger partial charge on any atom is -0.452 e. The van der Waals surface area contributed by atoms with E-state index >= 15 is 0 Å². The predicted molar refractivity (Wildman–Crippen MR) is 109 cm³/mol. The number of pyridine rings is 1. The van der Waals surface area contributed by atoms with Crippen LogP contribution in [0.15, 0.2) is 34.9 Å². The van der Waals surface area contributed by atoms with E-state index in [4.69, 9.17) is 9.26 Å². The Bertz CT molecular complexity index is 1020. The summed E-state index contributed by atoms with van der Waals surface area (Å²) < 4.78 is 10.5. The van der Waals surface area contributed by atoms with Gasteiger partial charge in [0.05, 0.1) is 22.3 Å². The molecule has 3 rings (SSSR count). The van der Waals surface area contributed by atoms with E-state index in [1.807, 2.05) is 31.2 Å². The first-order valence-electron chi connectivity index (χ1n) is 9.63. The number of esters is 1. The second-order valence-electron chi connectivity index (χ2n) is 7.48. The van der Waals surface area contributed by atoms with E-state index in [-0.39, 0.29) is 23.8 Å². The molecule has 0 atom stereocenters. The Morgan fingerprint density at radius 3 is 2.59 bits per heavy atom. The molecule has 1 N–H and O–H groups in total. The van der Waals surface area contributed by atoms with Gasteiger partial charge in [0.15, 0.2) is 6.61 Å². The van der Waals surface area contributed by atoms with Crippen LogP contribution >= 0.6 is 0 Å². The number of hydrogen-bond acceptors (Lipinski definition) is 6. The van der Waals surface area contributed by atoms with Crippen molar-refractivity contribution in [1.82, 2.24) is 15.5 Å². The fraction of sp³-hybridized carbons (Fsp3) is 0.364. The first-order chi connectivity index (χ1) is 13.8. The van der Waals surface area contributed by atoms with Gasteiger partial charge in [0.25, 0.3) is 11.6 Å². The summed E-state index contributed by atoms with van der Waals surface area (Å²) in [7, 11) is 0. The summed E-state index contributed by atoms with van der Waals surface area (Å²) in [4.78, 5) is 29.1. The third-order valence-corrected chi connectivity index (χ3v) is 4.56. The molecule has 0 unspecified atom stereocenters. The quantitative estimate of drug-likeness (QED) is 0.611. The number of carbonyl (C=O) groups excluding carboxylic acids is 2. The molecule has 0 bridgehead atoms. The Balaban J connectivity index is 1.81. The van der Waals surface area contributed by atoms with Crippen LogP contribution in [-0.4, -0.2) is 35.2 Å². The minimum atomic E-state index is -0.615. The van der Waals surface area contributed by atoms with Crippen LogP contribution in [0.5, 0.6) is 0 Å². The highest BCUT2D eigenvalue weighted by molar-refractivity contribution is 6.04. The zero-order valence-corrected chi connectivity index (χ0v) is 17.1. The monoisotopic (exact) mass is 395 g/mol. The molecule has 0 aliphatic heterocycles. The minimum absolute atomic E-state index is 0.258. The molecule has 7 heteroatoms. The summed E-state index contributed by atoms with van der Waals surface area (Å²) in [5, 5.41) is 7.15. The third-order valence-electron chi connectivity index (χ3n) is 4.56. The van der Waals surface area contributed by atoms with Gasteiger partial charge in [0, 0.05) is 12.1 Å². The summed E-state index contributed by atoms with van der Waals surface area (Å²) in [6, 6.07) is 9.42. The first kappa shape index (κ1) is 20.5. The molecule has 1 amide bonds. The first-order valence-corrected chi connectivity index (χ1v) is 9.63. The van der Waals surface area contributed by atoms with Crippen molar-refractivity contribution in [3.63, 3.8) is 0 Å². The molecule has 3 aromatic rings. The summed E-state index contributed by atoms with van der Waals surface area (Å²) in [5.74, 6) is -0.458. The predicted octanol–water partition coefficient (Wildman–Crippen LogP) is 3.83. The molecule has 2 aromatic heterocycles. The van der Waals surface area contributed by atoms with Gasteiger partial charge in [-0.1, -0.05) is 48.8 Å². The van der Waals surface area contributed by atoms with Gasteiger partial charge in [-0.3, -0.25) is 4.79 Å². The Hall–Kier alpha value is -3.22. The lowest BCUT2D eigenvalue weighted by Crippen LogP contribution is -2.30. The summed E-state index contributed by atoms with van der Waals surface area (Å²) in [6.07, 6.45) is 0.866. The average molecular weight is 395 g/mol. The fourth-order valence-electron chi connectivity index (χ4n) is 2.89. The number of benzene rings is 1. The van der Waals surface area contributed by atoms with Crippen LogP contribution in [0.2, 0.25) is 0 Å². The molecule has 1 aromatic carbocycles. The molecular formula is C22H25N3O4. The molecule has 0 saturated heterocycles. The van der Waals surface area contributed by atoms with Crippen molar-refractivity contribution in [3.8, 4) is 11.3 Å². The van der Waals surface area contributed by atoms with Gasteiger partial charge in [0.1, 0.15) is 0 Å². The van der Waals surface area contributed by atoms with Crippen molar-refractivity contribution in [2.24, 2.45) is 5.92 Å². The van der Waals surface area contributed by atoms with Gasteiger partial charge in [0.2, 0.25) is 0 Å². The van der Waals surface area contributed by atoms with Crippen LogP contribution in [0, 0.1) is 19.8 Å². The maximum Gasteiger partial charge on any atom is 0.339 e. The molecule has 0 aliphatic carbocycles. The lowest BCUT2D eigenvalue weighted by molar-refractivity contribution is -0.124. The SMILES string of the molecule is Cc1ccc(-c2cc(C(=O)OCC(=O)NCCC(C)C)c3c(C)noc3n2)cc1. The largest absolute Gasteiger partial charge is 0.452 e. The number of nitrogens with one attached hydrogen (secondary N) is 1. The molecule has 0 aliphatic rings. The Morgan fingerprint density at radius 1 is 1.17 bits per heavy atom. The normalized spacial score (nSPS) is 11.1. The van der Waals surface area contributed by atoms with Crippen molar-refractivity contribution in [3.05, 3.63) is 47.2 Å². The van der Waals surface area contributed by atoms with Gasteiger partial charge >= 0.3 is 5.97 Å². The molecule has 0 spiro atoms. The van der Waals surface area contributed by atoms with Gasteiger partial charge in [-0.25, -0.2) is 9.78 Å². The number of ether oxygens (including phenoxy) is 1. The standard InChI is InChI=1S/C22H25N3O4/c1-13(2)9-10-23-19(26)12-28-22(27)17-11-18(16-7-5-14(3)6-8-16)24-21-20(17)15(4)25-29-21/h5-8,11,13H,9-10,12H2,1-4H3,(H,23,26). The smallest absolute Gasteiger partial charge is 0.339 e. The number of amides is 1. The van der Waals surface area contributed by atoms with Crippen molar-refractivity contribution in [2.75, 3.05) is 13.2 Å². The van der Waals surface area contributed by atoms with E-state index in [0.717, 1.165) is 17.5 Å². The van der Waals surface area contributed by atoms with E-state index in [1.54, 1.807) is 13.0 Å². The Labute approximate surface area is 169 Å². The summed E-state index contributed by atoms with van der Waals surface area (Å²) in [6.45, 7) is 8.09. The molecule has 2 heterocycles. The number of fused-ring (bicyclic) bond motifs is 1. The van der Waals surface area contributed by atoms with E-state index in [9.17, 15) is 9.59 Å². The highest BCUT2D eigenvalue weighted by Gasteiger charge is 2.21. The third kappa shape index (κ3) is 4.99. The summed E-state index contributed by atoms with van der Waals surface area (Å²) in [5.41, 5.74) is 3.60. The van der Waals surface area contributed by atoms with Gasteiger partial charge in [-0.2, -0.15) is 0 Å². The van der Waals surface area contributed by atoms with Crippen molar-refractivity contribution < 1.29 is 18.8 Å². The van der Waals surface area contributed by atoms with Crippen LogP contribution < -0.4 is 5.32 Å².